The molecule has 0 aromatic heterocycles. The molecule has 15 heavy (non-hydrogen) atoms. The summed E-state index contributed by atoms with van der Waals surface area (Å²) >= 11 is 0. The van der Waals surface area contributed by atoms with Gasteiger partial charge in [0.25, 0.3) is 0 Å². The predicted octanol–water partition coefficient (Wildman–Crippen LogP) is 2.19. The summed E-state index contributed by atoms with van der Waals surface area (Å²) in [5.41, 5.74) is 0.464. The van der Waals surface area contributed by atoms with Crippen molar-refractivity contribution in [2.75, 3.05) is 13.1 Å². The molecule has 1 aliphatic heterocycles. The van der Waals surface area contributed by atoms with Gasteiger partial charge in [-0.25, -0.2) is 4.79 Å². The van der Waals surface area contributed by atoms with Gasteiger partial charge >= 0.3 is 5.97 Å². The summed E-state index contributed by atoms with van der Waals surface area (Å²) in [7, 11) is 0. The zero-order valence-electron chi connectivity index (χ0n) is 9.29. The normalized spacial score (nSPS) is 22.7. The Morgan fingerprint density at radius 3 is 2.60 bits per heavy atom. The van der Waals surface area contributed by atoms with Gasteiger partial charge in [-0.2, -0.15) is 4.39 Å². The van der Waals surface area contributed by atoms with Crippen LogP contribution in [0.25, 0.3) is 0 Å². The Hall–Kier alpha value is -0.900. The molecule has 1 aliphatic rings. The zero-order chi connectivity index (χ0) is 11.4. The van der Waals surface area contributed by atoms with Gasteiger partial charge in [-0.3, -0.25) is 0 Å². The summed E-state index contributed by atoms with van der Waals surface area (Å²) in [4.78, 5) is 12.7. The highest BCUT2D eigenvalue weighted by Crippen LogP contribution is 2.22. The molecule has 4 heteroatoms. The first-order chi connectivity index (χ1) is 7.02. The van der Waals surface area contributed by atoms with Crippen molar-refractivity contribution < 1.29 is 14.3 Å². The van der Waals surface area contributed by atoms with Crippen molar-refractivity contribution in [1.29, 1.82) is 0 Å². The van der Waals surface area contributed by atoms with Crippen LogP contribution in [0.3, 0.4) is 0 Å². The van der Waals surface area contributed by atoms with Crippen LogP contribution in [0, 0.1) is 0 Å². The Balaban J connectivity index is 2.68. The zero-order valence-corrected chi connectivity index (χ0v) is 9.29. The highest BCUT2D eigenvalue weighted by atomic mass is 19.1. The van der Waals surface area contributed by atoms with Crippen LogP contribution in [0.1, 0.15) is 33.1 Å². The summed E-state index contributed by atoms with van der Waals surface area (Å²) in [6.45, 7) is 5.88. The van der Waals surface area contributed by atoms with E-state index < -0.39 is 11.8 Å². The summed E-state index contributed by atoms with van der Waals surface area (Å²) < 4.78 is 13.2. The third-order valence-electron chi connectivity index (χ3n) is 2.85. The third kappa shape index (κ3) is 3.30. The van der Waals surface area contributed by atoms with Crippen LogP contribution in [0.4, 0.5) is 4.39 Å². The lowest BCUT2D eigenvalue weighted by molar-refractivity contribution is -0.134. The molecule has 0 atom stereocenters. The minimum atomic E-state index is -1.43. The van der Waals surface area contributed by atoms with Crippen LogP contribution < -0.4 is 0 Å². The van der Waals surface area contributed by atoms with Gasteiger partial charge in [-0.1, -0.05) is 0 Å². The number of nitrogens with zero attached hydrogens (tertiary/aromatic N) is 1. The van der Waals surface area contributed by atoms with E-state index in [2.05, 4.69) is 18.7 Å². The molecule has 0 saturated carbocycles. The van der Waals surface area contributed by atoms with Crippen molar-refractivity contribution in [3.63, 3.8) is 0 Å². The van der Waals surface area contributed by atoms with Crippen molar-refractivity contribution >= 4 is 5.97 Å². The summed E-state index contributed by atoms with van der Waals surface area (Å²) in [5, 5.41) is 8.55. The molecule has 0 aromatic rings. The van der Waals surface area contributed by atoms with Crippen LogP contribution >= 0.6 is 0 Å². The Morgan fingerprint density at radius 2 is 2.07 bits per heavy atom. The number of likely N-dealkylation sites (tertiary alicyclic amines) is 1. The Labute approximate surface area is 89.6 Å². The second-order valence-electron chi connectivity index (χ2n) is 4.21. The topological polar surface area (TPSA) is 40.5 Å². The van der Waals surface area contributed by atoms with Crippen molar-refractivity contribution in [2.45, 2.75) is 39.2 Å². The molecule has 0 aromatic carbocycles. The van der Waals surface area contributed by atoms with Crippen molar-refractivity contribution in [3.8, 4) is 0 Å². The van der Waals surface area contributed by atoms with Crippen LogP contribution in [0.15, 0.2) is 11.4 Å². The lowest BCUT2D eigenvalue weighted by Gasteiger charge is -2.23. The van der Waals surface area contributed by atoms with E-state index in [0.29, 0.717) is 24.5 Å². The van der Waals surface area contributed by atoms with E-state index in [4.69, 9.17) is 5.11 Å². The van der Waals surface area contributed by atoms with Crippen LogP contribution in [-0.2, 0) is 4.79 Å². The standard InChI is InChI=1S/C11H18FNO2/c1-8(2)13-6-3-4-9(5-7-13)10(12)11(14)15/h8H,3-7H2,1-2H3,(H,14,15)/b10-9+. The molecule has 0 spiro atoms. The molecule has 1 N–H and O–H groups in total. The molecule has 1 rings (SSSR count). The lowest BCUT2D eigenvalue weighted by atomic mass is 10.1. The maximum atomic E-state index is 13.2. The molecule has 1 heterocycles. The minimum Gasteiger partial charge on any atom is -0.476 e. The van der Waals surface area contributed by atoms with Crippen LogP contribution in [-0.4, -0.2) is 35.1 Å². The molecular formula is C11H18FNO2. The number of carboxylic acid groups (broad SMARTS) is 1. The van der Waals surface area contributed by atoms with E-state index in [0.717, 1.165) is 19.5 Å². The molecular weight excluding hydrogens is 197 g/mol. The first-order valence-electron chi connectivity index (χ1n) is 5.37. The number of halogens is 1. The molecule has 0 aliphatic carbocycles. The predicted molar refractivity (Wildman–Crippen MR) is 56.3 cm³/mol. The maximum Gasteiger partial charge on any atom is 0.364 e. The smallest absolute Gasteiger partial charge is 0.364 e. The van der Waals surface area contributed by atoms with Gasteiger partial charge in [-0.05, 0) is 45.2 Å². The van der Waals surface area contributed by atoms with Gasteiger partial charge in [0.1, 0.15) is 0 Å². The van der Waals surface area contributed by atoms with E-state index in [1.165, 1.54) is 0 Å². The van der Waals surface area contributed by atoms with Gasteiger partial charge in [0, 0.05) is 12.6 Å². The lowest BCUT2D eigenvalue weighted by Crippen LogP contribution is -2.31. The third-order valence-corrected chi connectivity index (χ3v) is 2.85. The monoisotopic (exact) mass is 215 g/mol. The van der Waals surface area contributed by atoms with Crippen molar-refractivity contribution in [3.05, 3.63) is 11.4 Å². The van der Waals surface area contributed by atoms with Crippen molar-refractivity contribution in [2.24, 2.45) is 0 Å². The van der Waals surface area contributed by atoms with E-state index in [9.17, 15) is 9.18 Å². The highest BCUT2D eigenvalue weighted by molar-refractivity contribution is 5.84. The number of carboxylic acids is 1. The van der Waals surface area contributed by atoms with Gasteiger partial charge in [-0.15, -0.1) is 0 Å². The SMILES string of the molecule is CC(C)N1CCC/C(=C(\F)C(=O)O)CC1. The quantitative estimate of drug-likeness (QED) is 0.718. The minimum absolute atomic E-state index is 0.442. The molecule has 0 radical (unpaired) electrons. The molecule has 0 amide bonds. The Morgan fingerprint density at radius 1 is 1.40 bits per heavy atom. The van der Waals surface area contributed by atoms with Gasteiger partial charge < -0.3 is 10.0 Å². The highest BCUT2D eigenvalue weighted by Gasteiger charge is 2.19. The average molecular weight is 215 g/mol. The first kappa shape index (κ1) is 12.2. The van der Waals surface area contributed by atoms with Gasteiger partial charge in [0.15, 0.2) is 0 Å². The number of hydrogen-bond acceptors (Lipinski definition) is 2. The van der Waals surface area contributed by atoms with Crippen LogP contribution in [0.2, 0.25) is 0 Å². The molecule has 1 fully saturated rings. The average Bonchev–Trinajstić information content (AvgIpc) is 2.41. The van der Waals surface area contributed by atoms with E-state index in [1.54, 1.807) is 0 Å². The molecule has 1 saturated heterocycles. The summed E-state index contributed by atoms with van der Waals surface area (Å²) in [5.74, 6) is -2.37. The number of carbonyl (C=O) groups is 1. The Bertz CT molecular complexity index is 274. The fourth-order valence-corrected chi connectivity index (χ4v) is 1.90. The van der Waals surface area contributed by atoms with E-state index in [1.807, 2.05) is 0 Å². The molecule has 86 valence electrons. The van der Waals surface area contributed by atoms with Crippen LogP contribution in [0.5, 0.6) is 0 Å². The Kier molecular flexibility index (Phi) is 4.27. The fourth-order valence-electron chi connectivity index (χ4n) is 1.90. The number of hydrogen-bond donors (Lipinski definition) is 1. The molecule has 0 unspecified atom stereocenters. The molecule has 3 nitrogen and oxygen atoms in total. The number of aliphatic carboxylic acids is 1. The van der Waals surface area contributed by atoms with Gasteiger partial charge in [0.2, 0.25) is 5.83 Å². The molecule has 0 bridgehead atoms. The second-order valence-corrected chi connectivity index (χ2v) is 4.21. The summed E-state index contributed by atoms with van der Waals surface area (Å²) in [6, 6.07) is 0.442. The summed E-state index contributed by atoms with van der Waals surface area (Å²) in [6.07, 6.45) is 1.95. The first-order valence-corrected chi connectivity index (χ1v) is 5.37. The largest absolute Gasteiger partial charge is 0.476 e. The fraction of sp³-hybridized carbons (Fsp3) is 0.727. The van der Waals surface area contributed by atoms with Crippen molar-refractivity contribution in [1.82, 2.24) is 4.90 Å². The maximum absolute atomic E-state index is 13.2. The van der Waals surface area contributed by atoms with E-state index in [-0.39, 0.29) is 0 Å². The second kappa shape index (κ2) is 5.26. The van der Waals surface area contributed by atoms with E-state index >= 15 is 0 Å². The van der Waals surface area contributed by atoms with Gasteiger partial charge in [0.05, 0.1) is 0 Å². The number of rotatable bonds is 2.